The van der Waals surface area contributed by atoms with Gasteiger partial charge in [0.2, 0.25) is 11.8 Å². The number of nitrogens with one attached hydrogen (secondary N) is 2. The van der Waals surface area contributed by atoms with Crippen LogP contribution in [0.25, 0.3) is 0 Å². The highest BCUT2D eigenvalue weighted by atomic mass is 16.2. The molecule has 1 aliphatic rings. The Labute approximate surface area is 155 Å². The molecule has 5 nitrogen and oxygen atoms in total. The first-order valence-corrected chi connectivity index (χ1v) is 9.56. The molecule has 2 rings (SSSR count). The maximum Gasteiger partial charge on any atom is 0.227 e. The van der Waals surface area contributed by atoms with Gasteiger partial charge in [-0.3, -0.25) is 14.4 Å². The molecule has 2 N–H and O–H groups in total. The van der Waals surface area contributed by atoms with Gasteiger partial charge in [-0.2, -0.15) is 0 Å². The van der Waals surface area contributed by atoms with Gasteiger partial charge in [0, 0.05) is 29.6 Å². The van der Waals surface area contributed by atoms with Crippen LogP contribution in [-0.2, 0) is 9.59 Å². The molecule has 0 spiro atoms. The maximum absolute atomic E-state index is 12.5. The second-order valence-electron chi connectivity index (χ2n) is 7.65. The number of anilines is 1. The summed E-state index contributed by atoms with van der Waals surface area (Å²) < 4.78 is 0. The molecule has 0 atom stereocenters. The number of benzene rings is 1. The highest BCUT2D eigenvalue weighted by Gasteiger charge is 2.29. The molecule has 0 saturated heterocycles. The second-order valence-corrected chi connectivity index (χ2v) is 7.65. The molecule has 0 radical (unpaired) electrons. The number of ketones is 1. The van der Waals surface area contributed by atoms with Crippen LogP contribution in [0.5, 0.6) is 0 Å². The van der Waals surface area contributed by atoms with E-state index < -0.39 is 0 Å². The number of carbonyl (C=O) groups excluding carboxylic acids is 3. The van der Waals surface area contributed by atoms with Gasteiger partial charge < -0.3 is 10.6 Å². The van der Waals surface area contributed by atoms with Crippen LogP contribution in [0.1, 0.15) is 63.2 Å². The molecule has 0 aliphatic heterocycles. The molecule has 0 aromatic heterocycles. The lowest BCUT2D eigenvalue weighted by molar-refractivity contribution is -0.128. The number of Topliss-reactive ketones (excluding diaryl/α,β-unsaturated/α-hetero) is 1. The molecule has 26 heavy (non-hydrogen) atoms. The van der Waals surface area contributed by atoms with Crippen molar-refractivity contribution in [3.63, 3.8) is 0 Å². The van der Waals surface area contributed by atoms with Crippen molar-refractivity contribution < 1.29 is 14.4 Å². The number of hydrogen-bond donors (Lipinski definition) is 2. The van der Waals surface area contributed by atoms with Crippen molar-refractivity contribution in [2.75, 3.05) is 11.9 Å². The highest BCUT2D eigenvalue weighted by molar-refractivity contribution is 5.97. The lowest BCUT2D eigenvalue weighted by Gasteiger charge is -2.27. The Morgan fingerprint density at radius 2 is 1.65 bits per heavy atom. The summed E-state index contributed by atoms with van der Waals surface area (Å²) in [6.45, 7) is 6.52. The standard InChI is InChI=1S/C21H30N2O3/c1-14(2)11-12-22-20(25)16-7-9-17(10-8-16)21(26)23-19-6-4-5-18(13-19)15(3)24/h4-6,13-14,16-17H,7-12H2,1-3H3,(H,22,25)(H,23,26). The van der Waals surface area contributed by atoms with E-state index in [4.69, 9.17) is 0 Å². The van der Waals surface area contributed by atoms with Gasteiger partial charge in [-0.1, -0.05) is 26.0 Å². The molecule has 0 bridgehead atoms. The van der Waals surface area contributed by atoms with Crippen LogP contribution >= 0.6 is 0 Å². The van der Waals surface area contributed by atoms with Crippen molar-refractivity contribution >= 4 is 23.3 Å². The molecule has 1 aliphatic carbocycles. The quantitative estimate of drug-likeness (QED) is 0.728. The molecule has 1 aromatic rings. The zero-order valence-corrected chi connectivity index (χ0v) is 16.0. The Kier molecular flexibility index (Phi) is 7.37. The van der Waals surface area contributed by atoms with Gasteiger partial charge >= 0.3 is 0 Å². The molecular weight excluding hydrogens is 328 g/mol. The summed E-state index contributed by atoms with van der Waals surface area (Å²) in [5.41, 5.74) is 1.24. The van der Waals surface area contributed by atoms with Crippen LogP contribution in [0.3, 0.4) is 0 Å². The molecule has 2 amide bonds. The monoisotopic (exact) mass is 358 g/mol. The van der Waals surface area contributed by atoms with E-state index in [1.807, 2.05) is 0 Å². The minimum atomic E-state index is -0.0734. The Hall–Kier alpha value is -2.17. The van der Waals surface area contributed by atoms with Gasteiger partial charge in [0.15, 0.2) is 5.78 Å². The first-order valence-electron chi connectivity index (χ1n) is 9.56. The predicted molar refractivity (Wildman–Crippen MR) is 103 cm³/mol. The second kappa shape index (κ2) is 9.51. The Morgan fingerprint density at radius 3 is 2.23 bits per heavy atom. The Balaban J connectivity index is 1.80. The largest absolute Gasteiger partial charge is 0.356 e. The molecule has 142 valence electrons. The van der Waals surface area contributed by atoms with Crippen LogP contribution in [0.2, 0.25) is 0 Å². The lowest BCUT2D eigenvalue weighted by Crippen LogP contribution is -2.36. The van der Waals surface area contributed by atoms with E-state index in [-0.39, 0.29) is 29.4 Å². The van der Waals surface area contributed by atoms with Crippen LogP contribution in [0.4, 0.5) is 5.69 Å². The van der Waals surface area contributed by atoms with E-state index in [0.717, 1.165) is 38.6 Å². The third-order valence-electron chi connectivity index (χ3n) is 5.03. The van der Waals surface area contributed by atoms with E-state index >= 15 is 0 Å². The highest BCUT2D eigenvalue weighted by Crippen LogP contribution is 2.30. The molecule has 1 saturated carbocycles. The summed E-state index contributed by atoms with van der Waals surface area (Å²) in [5, 5.41) is 5.92. The zero-order valence-electron chi connectivity index (χ0n) is 16.0. The molecular formula is C21H30N2O3. The third kappa shape index (κ3) is 5.97. The fraction of sp³-hybridized carbons (Fsp3) is 0.571. The van der Waals surface area contributed by atoms with Crippen LogP contribution in [0, 0.1) is 17.8 Å². The van der Waals surface area contributed by atoms with Crippen molar-refractivity contribution in [1.29, 1.82) is 0 Å². The summed E-state index contributed by atoms with van der Waals surface area (Å²) in [6, 6.07) is 7.00. The number of carbonyl (C=O) groups is 3. The van der Waals surface area contributed by atoms with Crippen LogP contribution in [0.15, 0.2) is 24.3 Å². The Morgan fingerprint density at radius 1 is 1.04 bits per heavy atom. The summed E-state index contributed by atoms with van der Waals surface area (Å²) in [7, 11) is 0. The van der Waals surface area contributed by atoms with E-state index in [0.29, 0.717) is 17.2 Å². The Bertz CT molecular complexity index is 646. The van der Waals surface area contributed by atoms with Crippen molar-refractivity contribution in [2.24, 2.45) is 17.8 Å². The fourth-order valence-electron chi connectivity index (χ4n) is 3.31. The summed E-state index contributed by atoms with van der Waals surface area (Å²) in [5.74, 6) is 0.604. The van der Waals surface area contributed by atoms with Gasteiger partial charge in [0.25, 0.3) is 0 Å². The molecule has 1 aromatic carbocycles. The summed E-state index contributed by atoms with van der Waals surface area (Å²) in [6.07, 6.45) is 3.93. The molecule has 0 unspecified atom stereocenters. The number of rotatable bonds is 7. The van der Waals surface area contributed by atoms with Gasteiger partial charge in [0.05, 0.1) is 0 Å². The third-order valence-corrected chi connectivity index (χ3v) is 5.03. The first kappa shape index (κ1) is 20.1. The van der Waals surface area contributed by atoms with Crippen molar-refractivity contribution in [1.82, 2.24) is 5.32 Å². The van der Waals surface area contributed by atoms with Crippen LogP contribution in [-0.4, -0.2) is 24.1 Å². The smallest absolute Gasteiger partial charge is 0.227 e. The van der Waals surface area contributed by atoms with E-state index in [1.165, 1.54) is 6.92 Å². The SMILES string of the molecule is CC(=O)c1cccc(NC(=O)C2CCC(C(=O)NCCC(C)C)CC2)c1. The first-order chi connectivity index (χ1) is 12.4. The van der Waals surface area contributed by atoms with Crippen molar-refractivity contribution in [3.05, 3.63) is 29.8 Å². The molecule has 5 heteroatoms. The molecule has 1 fully saturated rings. The average molecular weight is 358 g/mol. The zero-order chi connectivity index (χ0) is 19.1. The number of amides is 2. The van der Waals surface area contributed by atoms with Crippen molar-refractivity contribution in [2.45, 2.75) is 52.9 Å². The van der Waals surface area contributed by atoms with E-state index in [9.17, 15) is 14.4 Å². The van der Waals surface area contributed by atoms with E-state index in [2.05, 4.69) is 24.5 Å². The maximum atomic E-state index is 12.5. The average Bonchev–Trinajstić information content (AvgIpc) is 2.61. The van der Waals surface area contributed by atoms with Crippen molar-refractivity contribution in [3.8, 4) is 0 Å². The van der Waals surface area contributed by atoms with Gasteiger partial charge in [-0.15, -0.1) is 0 Å². The van der Waals surface area contributed by atoms with E-state index in [1.54, 1.807) is 24.3 Å². The minimum Gasteiger partial charge on any atom is -0.356 e. The lowest BCUT2D eigenvalue weighted by atomic mass is 9.81. The number of hydrogen-bond acceptors (Lipinski definition) is 3. The van der Waals surface area contributed by atoms with Gasteiger partial charge in [-0.25, -0.2) is 0 Å². The van der Waals surface area contributed by atoms with Gasteiger partial charge in [0.1, 0.15) is 0 Å². The summed E-state index contributed by atoms with van der Waals surface area (Å²) in [4.78, 5) is 36.1. The normalized spacial score (nSPS) is 19.8. The predicted octanol–water partition coefficient (Wildman–Crippen LogP) is 3.80. The van der Waals surface area contributed by atoms with Crippen LogP contribution < -0.4 is 10.6 Å². The minimum absolute atomic E-state index is 0.0206. The fourth-order valence-corrected chi connectivity index (χ4v) is 3.31. The molecule has 0 heterocycles. The van der Waals surface area contributed by atoms with Gasteiger partial charge in [-0.05, 0) is 57.1 Å². The topological polar surface area (TPSA) is 75.3 Å². The summed E-state index contributed by atoms with van der Waals surface area (Å²) >= 11 is 0.